The Hall–Kier alpha value is -1.06. The fourth-order valence-corrected chi connectivity index (χ4v) is 1.68. The summed E-state index contributed by atoms with van der Waals surface area (Å²) in [6.07, 6.45) is 8.74. The van der Waals surface area contributed by atoms with E-state index in [1.165, 1.54) is 46.2 Å². The first-order valence-corrected chi connectivity index (χ1v) is 6.61. The molecule has 0 aromatic carbocycles. The molecule has 0 saturated carbocycles. The molecule has 0 spiro atoms. The Bertz CT molecular complexity index is 229. The molecule has 0 radical (unpaired) electrons. The SMILES string of the molecule is CCCCCCCCCC(=O)N(C)C(=O)NC. The zero-order chi connectivity index (χ0) is 13.1. The van der Waals surface area contributed by atoms with E-state index in [9.17, 15) is 9.59 Å². The highest BCUT2D eigenvalue weighted by Crippen LogP contribution is 2.09. The highest BCUT2D eigenvalue weighted by Gasteiger charge is 2.13. The van der Waals surface area contributed by atoms with Crippen LogP contribution in [0.3, 0.4) is 0 Å². The van der Waals surface area contributed by atoms with Crippen LogP contribution >= 0.6 is 0 Å². The zero-order valence-corrected chi connectivity index (χ0v) is 11.4. The molecule has 0 atom stereocenters. The Morgan fingerprint density at radius 2 is 1.53 bits per heavy atom. The van der Waals surface area contributed by atoms with Crippen molar-refractivity contribution in [1.82, 2.24) is 10.2 Å². The maximum atomic E-state index is 11.5. The molecular weight excluding hydrogens is 216 g/mol. The summed E-state index contributed by atoms with van der Waals surface area (Å²) in [5.41, 5.74) is 0. The van der Waals surface area contributed by atoms with Gasteiger partial charge in [-0.2, -0.15) is 0 Å². The van der Waals surface area contributed by atoms with Gasteiger partial charge in [0.15, 0.2) is 0 Å². The summed E-state index contributed by atoms with van der Waals surface area (Å²) in [5.74, 6) is -0.0992. The molecule has 0 aliphatic rings. The van der Waals surface area contributed by atoms with Crippen molar-refractivity contribution in [1.29, 1.82) is 0 Å². The van der Waals surface area contributed by atoms with E-state index in [2.05, 4.69) is 12.2 Å². The maximum Gasteiger partial charge on any atom is 0.323 e. The number of imide groups is 1. The second-order valence-electron chi connectivity index (χ2n) is 4.38. The smallest absolute Gasteiger partial charge is 0.323 e. The first kappa shape index (κ1) is 15.9. The molecule has 0 bridgehead atoms. The fourth-order valence-electron chi connectivity index (χ4n) is 1.68. The van der Waals surface area contributed by atoms with E-state index in [0.29, 0.717) is 6.42 Å². The molecule has 0 unspecified atom stereocenters. The Morgan fingerprint density at radius 3 is 2.06 bits per heavy atom. The van der Waals surface area contributed by atoms with Crippen molar-refractivity contribution in [2.24, 2.45) is 0 Å². The van der Waals surface area contributed by atoms with Crippen molar-refractivity contribution in [2.45, 2.75) is 58.3 Å². The number of carbonyl (C=O) groups excluding carboxylic acids is 2. The van der Waals surface area contributed by atoms with Crippen molar-refractivity contribution in [3.05, 3.63) is 0 Å². The largest absolute Gasteiger partial charge is 0.341 e. The Morgan fingerprint density at radius 1 is 1.00 bits per heavy atom. The number of nitrogens with zero attached hydrogens (tertiary/aromatic N) is 1. The van der Waals surface area contributed by atoms with Crippen LogP contribution in [-0.2, 0) is 4.79 Å². The van der Waals surface area contributed by atoms with Crippen LogP contribution in [0.4, 0.5) is 4.79 Å². The minimum Gasteiger partial charge on any atom is -0.341 e. The van der Waals surface area contributed by atoms with Crippen molar-refractivity contribution < 1.29 is 9.59 Å². The lowest BCUT2D eigenvalue weighted by Crippen LogP contribution is -2.39. The van der Waals surface area contributed by atoms with E-state index in [0.717, 1.165) is 17.7 Å². The molecule has 17 heavy (non-hydrogen) atoms. The molecule has 0 saturated heterocycles. The van der Waals surface area contributed by atoms with E-state index in [1.807, 2.05) is 0 Å². The average Bonchev–Trinajstić information content (AvgIpc) is 2.35. The lowest BCUT2D eigenvalue weighted by atomic mass is 10.1. The third-order valence-corrected chi connectivity index (χ3v) is 2.89. The summed E-state index contributed by atoms with van der Waals surface area (Å²) in [4.78, 5) is 23.8. The average molecular weight is 242 g/mol. The quantitative estimate of drug-likeness (QED) is 0.665. The molecule has 100 valence electrons. The van der Waals surface area contributed by atoms with Crippen LogP contribution in [-0.4, -0.2) is 30.9 Å². The van der Waals surface area contributed by atoms with Gasteiger partial charge >= 0.3 is 6.03 Å². The van der Waals surface area contributed by atoms with Gasteiger partial charge in [-0.25, -0.2) is 4.79 Å². The third-order valence-electron chi connectivity index (χ3n) is 2.89. The topological polar surface area (TPSA) is 49.4 Å². The molecule has 4 heteroatoms. The first-order valence-electron chi connectivity index (χ1n) is 6.61. The van der Waals surface area contributed by atoms with Crippen LogP contribution in [0.1, 0.15) is 58.3 Å². The molecule has 1 N–H and O–H groups in total. The molecule has 0 fully saturated rings. The third kappa shape index (κ3) is 7.77. The highest BCUT2D eigenvalue weighted by molar-refractivity contribution is 5.93. The normalized spacial score (nSPS) is 10.1. The zero-order valence-electron chi connectivity index (χ0n) is 11.4. The minimum atomic E-state index is -0.335. The van der Waals surface area contributed by atoms with Gasteiger partial charge in [0, 0.05) is 20.5 Å². The van der Waals surface area contributed by atoms with Crippen LogP contribution in [0.5, 0.6) is 0 Å². The van der Waals surface area contributed by atoms with Crippen molar-refractivity contribution in [2.75, 3.05) is 14.1 Å². The van der Waals surface area contributed by atoms with Gasteiger partial charge in [-0.1, -0.05) is 45.4 Å². The highest BCUT2D eigenvalue weighted by atomic mass is 16.2. The van der Waals surface area contributed by atoms with Crippen LogP contribution in [0, 0.1) is 0 Å². The monoisotopic (exact) mass is 242 g/mol. The number of rotatable bonds is 8. The van der Waals surface area contributed by atoms with Crippen molar-refractivity contribution >= 4 is 11.9 Å². The summed E-state index contributed by atoms with van der Waals surface area (Å²) >= 11 is 0. The summed E-state index contributed by atoms with van der Waals surface area (Å²) in [6.45, 7) is 2.20. The number of nitrogens with one attached hydrogen (secondary N) is 1. The Balaban J connectivity index is 3.48. The van der Waals surface area contributed by atoms with Crippen LogP contribution in [0.15, 0.2) is 0 Å². The molecular formula is C13H26N2O2. The standard InChI is InChI=1S/C13H26N2O2/c1-4-5-6-7-8-9-10-11-12(16)15(3)13(17)14-2/h4-11H2,1-3H3,(H,14,17). The molecule has 0 rings (SSSR count). The van der Waals surface area contributed by atoms with Crippen LogP contribution in [0.2, 0.25) is 0 Å². The predicted octanol–water partition coefficient (Wildman–Crippen LogP) is 2.92. The molecule has 4 nitrogen and oxygen atoms in total. The van der Waals surface area contributed by atoms with Crippen molar-refractivity contribution in [3.8, 4) is 0 Å². The molecule has 3 amide bonds. The molecule has 0 aromatic heterocycles. The van der Waals surface area contributed by atoms with Gasteiger partial charge in [-0.15, -0.1) is 0 Å². The van der Waals surface area contributed by atoms with Gasteiger partial charge in [0.25, 0.3) is 0 Å². The number of amides is 3. The predicted molar refractivity (Wildman–Crippen MR) is 69.8 cm³/mol. The van der Waals surface area contributed by atoms with E-state index in [4.69, 9.17) is 0 Å². The number of urea groups is 1. The van der Waals surface area contributed by atoms with E-state index in [1.54, 1.807) is 0 Å². The Labute approximate surface area is 105 Å². The Kier molecular flexibility index (Phi) is 9.49. The lowest BCUT2D eigenvalue weighted by molar-refractivity contribution is -0.127. The number of unbranched alkanes of at least 4 members (excludes halogenated alkanes) is 6. The van der Waals surface area contributed by atoms with Crippen LogP contribution < -0.4 is 5.32 Å². The van der Waals surface area contributed by atoms with Gasteiger partial charge in [0.2, 0.25) is 5.91 Å². The van der Waals surface area contributed by atoms with E-state index >= 15 is 0 Å². The lowest BCUT2D eigenvalue weighted by Gasteiger charge is -2.14. The molecule has 0 aliphatic carbocycles. The van der Waals surface area contributed by atoms with Crippen LogP contribution in [0.25, 0.3) is 0 Å². The minimum absolute atomic E-state index is 0.0992. The van der Waals surface area contributed by atoms with Gasteiger partial charge in [0.1, 0.15) is 0 Å². The van der Waals surface area contributed by atoms with Gasteiger partial charge < -0.3 is 5.32 Å². The first-order chi connectivity index (χ1) is 8.13. The summed E-state index contributed by atoms with van der Waals surface area (Å²) in [6, 6.07) is -0.335. The number of hydrogen-bond donors (Lipinski definition) is 1. The number of carbonyl (C=O) groups is 2. The second kappa shape index (κ2) is 10.1. The summed E-state index contributed by atoms with van der Waals surface area (Å²) < 4.78 is 0. The van der Waals surface area contributed by atoms with Crippen molar-refractivity contribution in [3.63, 3.8) is 0 Å². The molecule has 0 heterocycles. The fraction of sp³-hybridized carbons (Fsp3) is 0.846. The second-order valence-corrected chi connectivity index (χ2v) is 4.38. The number of hydrogen-bond acceptors (Lipinski definition) is 2. The van der Waals surface area contributed by atoms with Gasteiger partial charge in [-0.3, -0.25) is 9.69 Å². The summed E-state index contributed by atoms with van der Waals surface area (Å²) in [5, 5.41) is 2.44. The molecule has 0 aliphatic heterocycles. The van der Waals surface area contributed by atoms with E-state index < -0.39 is 0 Å². The van der Waals surface area contributed by atoms with Gasteiger partial charge in [-0.05, 0) is 6.42 Å². The van der Waals surface area contributed by atoms with Gasteiger partial charge in [0.05, 0.1) is 0 Å². The molecule has 0 aromatic rings. The maximum absolute atomic E-state index is 11.5. The summed E-state index contributed by atoms with van der Waals surface area (Å²) in [7, 11) is 3.04. The van der Waals surface area contributed by atoms with E-state index in [-0.39, 0.29) is 11.9 Å².